The van der Waals surface area contributed by atoms with E-state index in [1.165, 1.54) is 30.9 Å². The van der Waals surface area contributed by atoms with Crippen LogP contribution in [0.15, 0.2) is 29.8 Å². The van der Waals surface area contributed by atoms with E-state index >= 15 is 0 Å². The number of fused-ring (bicyclic) bond motifs is 1. The van der Waals surface area contributed by atoms with Gasteiger partial charge in [0.1, 0.15) is 5.75 Å². The predicted octanol–water partition coefficient (Wildman–Crippen LogP) is 5.58. The fourth-order valence-corrected chi connectivity index (χ4v) is 5.36. The molecule has 26 heavy (non-hydrogen) atoms. The third kappa shape index (κ3) is 3.22. The Hall–Kier alpha value is -1.96. The molecule has 2 nitrogen and oxygen atoms in total. The van der Waals surface area contributed by atoms with Crippen molar-refractivity contribution in [2.45, 2.75) is 38.8 Å². The molecular formula is C21H22F3NO. The van der Waals surface area contributed by atoms with Crippen LogP contribution in [0.5, 0.6) is 5.75 Å². The topological polar surface area (TPSA) is 33.0 Å². The van der Waals surface area contributed by atoms with Crippen LogP contribution in [0.4, 0.5) is 13.2 Å². The van der Waals surface area contributed by atoms with E-state index in [-0.39, 0.29) is 17.2 Å². The van der Waals surface area contributed by atoms with Gasteiger partial charge in [-0.3, -0.25) is 0 Å². The number of nitrogens with zero attached hydrogens (tertiary/aromatic N) is 1. The Morgan fingerprint density at radius 3 is 2.69 bits per heavy atom. The Balaban J connectivity index is 1.52. The van der Waals surface area contributed by atoms with Gasteiger partial charge in [0.15, 0.2) is 0 Å². The van der Waals surface area contributed by atoms with E-state index in [2.05, 4.69) is 13.0 Å². The molecule has 0 aliphatic heterocycles. The van der Waals surface area contributed by atoms with E-state index < -0.39 is 11.7 Å². The van der Waals surface area contributed by atoms with Gasteiger partial charge in [-0.05, 0) is 67.6 Å². The number of benzene rings is 1. The summed E-state index contributed by atoms with van der Waals surface area (Å²) in [5, 5.41) is 9.00. The van der Waals surface area contributed by atoms with Crippen LogP contribution in [0.3, 0.4) is 0 Å². The third-order valence-electron chi connectivity index (χ3n) is 6.28. The van der Waals surface area contributed by atoms with E-state index in [0.717, 1.165) is 24.5 Å². The van der Waals surface area contributed by atoms with Crippen molar-refractivity contribution in [1.29, 1.82) is 5.26 Å². The summed E-state index contributed by atoms with van der Waals surface area (Å²) in [5.74, 6) is 3.18. The maximum Gasteiger partial charge on any atom is 0.416 e. The van der Waals surface area contributed by atoms with Gasteiger partial charge in [0.25, 0.3) is 0 Å². The number of allylic oxidation sites excluding steroid dienone is 1. The molecule has 2 saturated carbocycles. The normalized spacial score (nSPS) is 32.7. The standard InChI is InChI=1S/C21H22F3NO/c1-12-2-13-4-15-8-16(19(3-12)20(15)7-13)11-26-18-6-14(10-25)5-17(9-18)21(22,23)24/h3,5-6,9,12-13,15-16,20H,2,4,7-8,11H2,1H3. The van der Waals surface area contributed by atoms with Crippen LogP contribution in [0.25, 0.3) is 0 Å². The highest BCUT2D eigenvalue weighted by atomic mass is 19.4. The van der Waals surface area contributed by atoms with Gasteiger partial charge in [-0.2, -0.15) is 18.4 Å². The number of ether oxygens (including phenoxy) is 1. The van der Waals surface area contributed by atoms with E-state index in [9.17, 15) is 13.2 Å². The first-order valence-electron chi connectivity index (χ1n) is 9.30. The summed E-state index contributed by atoms with van der Waals surface area (Å²) < 4.78 is 44.8. The van der Waals surface area contributed by atoms with Gasteiger partial charge >= 0.3 is 6.18 Å². The molecular weight excluding hydrogens is 339 g/mol. The highest BCUT2D eigenvalue weighted by Crippen LogP contribution is 2.56. The second kappa shape index (κ2) is 6.33. The fourth-order valence-electron chi connectivity index (χ4n) is 5.36. The van der Waals surface area contributed by atoms with E-state index in [4.69, 9.17) is 10.00 Å². The van der Waals surface area contributed by atoms with Crippen molar-refractivity contribution in [2.24, 2.45) is 29.6 Å². The minimum Gasteiger partial charge on any atom is -0.493 e. The molecule has 4 rings (SSSR count). The zero-order valence-electron chi connectivity index (χ0n) is 14.7. The number of nitriles is 1. The van der Waals surface area contributed by atoms with Crippen LogP contribution in [0, 0.1) is 40.9 Å². The summed E-state index contributed by atoms with van der Waals surface area (Å²) in [6.07, 6.45) is 2.78. The van der Waals surface area contributed by atoms with Crippen molar-refractivity contribution in [3.05, 3.63) is 41.0 Å². The molecule has 0 spiro atoms. The average molecular weight is 361 g/mol. The maximum absolute atomic E-state index is 13.0. The Morgan fingerprint density at radius 2 is 1.96 bits per heavy atom. The van der Waals surface area contributed by atoms with Crippen LogP contribution in [-0.4, -0.2) is 6.61 Å². The lowest BCUT2D eigenvalue weighted by molar-refractivity contribution is -0.137. The first-order valence-corrected chi connectivity index (χ1v) is 9.30. The van der Waals surface area contributed by atoms with Crippen LogP contribution in [0.1, 0.15) is 43.7 Å². The van der Waals surface area contributed by atoms with Crippen molar-refractivity contribution in [3.63, 3.8) is 0 Å². The summed E-state index contributed by atoms with van der Waals surface area (Å²) in [5.41, 5.74) is 0.609. The van der Waals surface area contributed by atoms with Gasteiger partial charge in [-0.15, -0.1) is 0 Å². The van der Waals surface area contributed by atoms with Gasteiger partial charge in [0, 0.05) is 5.92 Å². The summed E-state index contributed by atoms with van der Waals surface area (Å²) in [6, 6.07) is 5.04. The molecule has 2 bridgehead atoms. The molecule has 3 aliphatic carbocycles. The van der Waals surface area contributed by atoms with E-state index in [0.29, 0.717) is 24.4 Å². The molecule has 0 N–H and O–H groups in total. The smallest absolute Gasteiger partial charge is 0.416 e. The Bertz CT molecular complexity index is 776. The monoisotopic (exact) mass is 361 g/mol. The van der Waals surface area contributed by atoms with Crippen molar-refractivity contribution in [3.8, 4) is 11.8 Å². The molecule has 0 heterocycles. The van der Waals surface area contributed by atoms with Crippen molar-refractivity contribution < 1.29 is 17.9 Å². The first-order chi connectivity index (χ1) is 12.3. The predicted molar refractivity (Wildman–Crippen MR) is 91.3 cm³/mol. The van der Waals surface area contributed by atoms with Gasteiger partial charge in [0.05, 0.1) is 23.8 Å². The number of hydrogen-bond donors (Lipinski definition) is 0. The highest BCUT2D eigenvalue weighted by molar-refractivity contribution is 5.42. The molecule has 5 unspecified atom stereocenters. The van der Waals surface area contributed by atoms with Crippen LogP contribution >= 0.6 is 0 Å². The third-order valence-corrected chi connectivity index (χ3v) is 6.28. The Labute approximate surface area is 151 Å². The van der Waals surface area contributed by atoms with Crippen molar-refractivity contribution in [2.75, 3.05) is 6.61 Å². The number of alkyl halides is 3. The molecule has 5 atom stereocenters. The molecule has 0 radical (unpaired) electrons. The lowest BCUT2D eigenvalue weighted by Gasteiger charge is -2.18. The second-order valence-electron chi connectivity index (χ2n) is 8.18. The van der Waals surface area contributed by atoms with Crippen molar-refractivity contribution in [1.82, 2.24) is 0 Å². The first kappa shape index (κ1) is 17.5. The number of hydrogen-bond acceptors (Lipinski definition) is 2. The zero-order valence-corrected chi connectivity index (χ0v) is 14.7. The average Bonchev–Trinajstić information content (AvgIpc) is 3.06. The van der Waals surface area contributed by atoms with Gasteiger partial charge < -0.3 is 4.74 Å². The van der Waals surface area contributed by atoms with Crippen molar-refractivity contribution >= 4 is 0 Å². The molecule has 0 saturated heterocycles. The van der Waals surface area contributed by atoms with Gasteiger partial charge in [-0.1, -0.05) is 18.6 Å². The summed E-state index contributed by atoms with van der Waals surface area (Å²) in [7, 11) is 0. The Kier molecular flexibility index (Phi) is 4.25. The SMILES string of the molecule is CC1C=C2C(COc3cc(C#N)cc(C(F)(F)F)c3)CC3CC(C1)CC23. The minimum atomic E-state index is -4.48. The molecule has 3 aliphatic rings. The minimum absolute atomic E-state index is 0.0248. The molecule has 138 valence electrons. The lowest BCUT2D eigenvalue weighted by atomic mass is 9.92. The second-order valence-corrected chi connectivity index (χ2v) is 8.18. The largest absolute Gasteiger partial charge is 0.493 e. The summed E-state index contributed by atoms with van der Waals surface area (Å²) >= 11 is 0. The molecule has 2 fully saturated rings. The van der Waals surface area contributed by atoms with Crippen LogP contribution in [0.2, 0.25) is 0 Å². The van der Waals surface area contributed by atoms with Gasteiger partial charge in [-0.25, -0.2) is 0 Å². The zero-order chi connectivity index (χ0) is 18.5. The highest BCUT2D eigenvalue weighted by Gasteiger charge is 2.46. The molecule has 0 amide bonds. The molecule has 1 aromatic rings. The van der Waals surface area contributed by atoms with Crippen LogP contribution in [-0.2, 0) is 6.18 Å². The number of halogens is 3. The molecule has 0 aromatic heterocycles. The lowest BCUT2D eigenvalue weighted by Crippen LogP contribution is -2.13. The quantitative estimate of drug-likeness (QED) is 0.658. The summed E-state index contributed by atoms with van der Waals surface area (Å²) in [6.45, 7) is 2.65. The van der Waals surface area contributed by atoms with E-state index in [1.54, 1.807) is 6.07 Å². The van der Waals surface area contributed by atoms with Crippen LogP contribution < -0.4 is 4.74 Å². The summed E-state index contributed by atoms with van der Waals surface area (Å²) in [4.78, 5) is 0. The van der Waals surface area contributed by atoms with Gasteiger partial charge in [0.2, 0.25) is 0 Å². The maximum atomic E-state index is 13.0. The fraction of sp³-hybridized carbons (Fsp3) is 0.571. The number of rotatable bonds is 3. The molecule has 1 aromatic carbocycles. The Morgan fingerprint density at radius 1 is 1.15 bits per heavy atom. The van der Waals surface area contributed by atoms with E-state index in [1.807, 2.05) is 0 Å². The molecule has 5 heteroatoms.